The van der Waals surface area contributed by atoms with Crippen molar-refractivity contribution < 1.29 is 23.8 Å². The van der Waals surface area contributed by atoms with Gasteiger partial charge < -0.3 is 9.84 Å². The standard InChI is InChI=1S/C25H20FNO4/c1-15-7-5-8-16(13-15)22-21(23(28)19-11-3-4-12-20(19)31-2)24(29)25(30)27(22)18-10-6-9-17(26)14-18/h3-14,22,28H,1-2H3/b23-21+. The van der Waals surface area contributed by atoms with Crippen LogP contribution in [0.5, 0.6) is 5.75 Å². The molecule has 1 unspecified atom stereocenters. The molecular formula is C25H20FNO4. The number of hydrogen-bond acceptors (Lipinski definition) is 4. The van der Waals surface area contributed by atoms with Gasteiger partial charge in [-0.05, 0) is 42.8 Å². The van der Waals surface area contributed by atoms with Crippen LogP contribution in [-0.4, -0.2) is 23.9 Å². The summed E-state index contributed by atoms with van der Waals surface area (Å²) >= 11 is 0. The molecule has 3 aromatic carbocycles. The van der Waals surface area contributed by atoms with Crippen molar-refractivity contribution in [2.45, 2.75) is 13.0 Å². The first kappa shape index (κ1) is 20.3. The molecule has 1 aliphatic heterocycles. The summed E-state index contributed by atoms with van der Waals surface area (Å²) in [5.74, 6) is -2.21. The molecule has 0 bridgehead atoms. The number of carbonyl (C=O) groups is 2. The van der Waals surface area contributed by atoms with E-state index in [-0.39, 0.29) is 17.0 Å². The summed E-state index contributed by atoms with van der Waals surface area (Å²) in [6.07, 6.45) is 0. The number of amides is 1. The third-order valence-electron chi connectivity index (χ3n) is 5.25. The van der Waals surface area contributed by atoms with Crippen LogP contribution < -0.4 is 9.64 Å². The molecule has 3 aromatic rings. The molecule has 1 N–H and O–H groups in total. The van der Waals surface area contributed by atoms with E-state index in [9.17, 15) is 19.1 Å². The molecule has 0 spiro atoms. The van der Waals surface area contributed by atoms with Crippen LogP contribution in [-0.2, 0) is 9.59 Å². The molecule has 5 nitrogen and oxygen atoms in total. The second kappa shape index (κ2) is 8.07. The van der Waals surface area contributed by atoms with Crippen LogP contribution in [0.2, 0.25) is 0 Å². The molecule has 1 amide bonds. The molecule has 6 heteroatoms. The van der Waals surface area contributed by atoms with Gasteiger partial charge in [-0.3, -0.25) is 14.5 Å². The third-order valence-corrected chi connectivity index (χ3v) is 5.25. The van der Waals surface area contributed by atoms with Crippen molar-refractivity contribution in [3.05, 3.63) is 101 Å². The zero-order valence-electron chi connectivity index (χ0n) is 17.0. The van der Waals surface area contributed by atoms with Crippen LogP contribution in [0.1, 0.15) is 22.7 Å². The largest absolute Gasteiger partial charge is 0.507 e. The topological polar surface area (TPSA) is 66.8 Å². The minimum absolute atomic E-state index is 0.0793. The number of aryl methyl sites for hydroxylation is 1. The van der Waals surface area contributed by atoms with E-state index in [1.165, 1.54) is 30.2 Å². The van der Waals surface area contributed by atoms with Crippen LogP contribution in [0, 0.1) is 12.7 Å². The van der Waals surface area contributed by atoms with E-state index in [4.69, 9.17) is 4.74 Å². The predicted molar refractivity (Wildman–Crippen MR) is 115 cm³/mol. The molecule has 1 saturated heterocycles. The highest BCUT2D eigenvalue weighted by molar-refractivity contribution is 6.51. The average Bonchev–Trinajstić information content (AvgIpc) is 3.04. The molecule has 4 rings (SSSR count). The normalized spacial score (nSPS) is 17.8. The Labute approximate surface area is 179 Å². The van der Waals surface area contributed by atoms with Crippen LogP contribution in [0.15, 0.2) is 78.4 Å². The van der Waals surface area contributed by atoms with Gasteiger partial charge in [0.2, 0.25) is 0 Å². The fraction of sp³-hybridized carbons (Fsp3) is 0.120. The maximum absolute atomic E-state index is 14.0. The first-order chi connectivity index (χ1) is 14.9. The average molecular weight is 417 g/mol. The second-order valence-corrected chi connectivity index (χ2v) is 7.26. The van der Waals surface area contributed by atoms with E-state index in [0.717, 1.165) is 5.56 Å². The molecule has 1 atom stereocenters. The maximum Gasteiger partial charge on any atom is 0.300 e. The number of hydrogen-bond donors (Lipinski definition) is 1. The number of rotatable bonds is 4. The molecule has 0 aromatic heterocycles. The zero-order chi connectivity index (χ0) is 22.1. The van der Waals surface area contributed by atoms with E-state index in [0.29, 0.717) is 16.9 Å². The van der Waals surface area contributed by atoms with Crippen molar-refractivity contribution >= 4 is 23.1 Å². The monoisotopic (exact) mass is 417 g/mol. The fourth-order valence-corrected chi connectivity index (χ4v) is 3.87. The number of para-hydroxylation sites is 1. The minimum atomic E-state index is -0.924. The van der Waals surface area contributed by atoms with Crippen molar-refractivity contribution in [2.24, 2.45) is 0 Å². The molecular weight excluding hydrogens is 397 g/mol. The highest BCUT2D eigenvalue weighted by Gasteiger charge is 2.47. The summed E-state index contributed by atoms with van der Waals surface area (Å²) in [5.41, 5.74) is 1.98. The van der Waals surface area contributed by atoms with E-state index in [1.54, 1.807) is 42.5 Å². The first-order valence-electron chi connectivity index (χ1n) is 9.69. The summed E-state index contributed by atoms with van der Waals surface area (Å²) in [4.78, 5) is 27.4. The molecule has 0 aliphatic carbocycles. The fourth-order valence-electron chi connectivity index (χ4n) is 3.87. The lowest BCUT2D eigenvalue weighted by Gasteiger charge is -2.26. The van der Waals surface area contributed by atoms with Gasteiger partial charge in [-0.25, -0.2) is 4.39 Å². The number of benzene rings is 3. The highest BCUT2D eigenvalue weighted by Crippen LogP contribution is 2.43. The van der Waals surface area contributed by atoms with Crippen molar-refractivity contribution in [3.63, 3.8) is 0 Å². The number of halogens is 1. The molecule has 0 saturated carbocycles. The number of aliphatic hydroxyl groups excluding tert-OH is 1. The number of anilines is 1. The number of aliphatic hydroxyl groups is 1. The molecule has 1 aliphatic rings. The number of carbonyl (C=O) groups excluding carboxylic acids is 2. The Hall–Kier alpha value is -3.93. The van der Waals surface area contributed by atoms with Crippen molar-refractivity contribution in [1.82, 2.24) is 0 Å². The summed E-state index contributed by atoms with van der Waals surface area (Å²) in [7, 11) is 1.45. The van der Waals surface area contributed by atoms with Gasteiger partial charge in [-0.2, -0.15) is 0 Å². The van der Waals surface area contributed by atoms with Crippen LogP contribution in [0.25, 0.3) is 5.76 Å². The number of ether oxygens (including phenoxy) is 1. The zero-order valence-corrected chi connectivity index (χ0v) is 17.0. The first-order valence-corrected chi connectivity index (χ1v) is 9.69. The Morgan fingerprint density at radius 3 is 2.45 bits per heavy atom. The molecule has 1 fully saturated rings. The van der Waals surface area contributed by atoms with Gasteiger partial charge in [-0.1, -0.05) is 48.0 Å². The van der Waals surface area contributed by atoms with Crippen LogP contribution in [0.4, 0.5) is 10.1 Å². The smallest absolute Gasteiger partial charge is 0.300 e. The molecule has 31 heavy (non-hydrogen) atoms. The summed E-state index contributed by atoms with van der Waals surface area (Å²) in [6.45, 7) is 1.89. The SMILES string of the molecule is COc1ccccc1/C(O)=C1\C(=O)C(=O)N(c2cccc(F)c2)C1c1cccc(C)c1. The molecule has 0 radical (unpaired) electrons. The Kier molecular flexibility index (Phi) is 5.29. The quantitative estimate of drug-likeness (QED) is 0.377. The van der Waals surface area contributed by atoms with Gasteiger partial charge in [-0.15, -0.1) is 0 Å². The Balaban J connectivity index is 1.99. The number of nitrogens with zero attached hydrogens (tertiary/aromatic N) is 1. The summed E-state index contributed by atoms with van der Waals surface area (Å²) in [6, 6.07) is 18.5. The number of ketones is 1. The van der Waals surface area contributed by atoms with Gasteiger partial charge >= 0.3 is 0 Å². The third kappa shape index (κ3) is 3.57. The van der Waals surface area contributed by atoms with Crippen LogP contribution >= 0.6 is 0 Å². The Morgan fingerprint density at radius 2 is 1.74 bits per heavy atom. The highest BCUT2D eigenvalue weighted by atomic mass is 19.1. The van der Waals surface area contributed by atoms with E-state index < -0.39 is 23.5 Å². The van der Waals surface area contributed by atoms with Gasteiger partial charge in [0, 0.05) is 5.69 Å². The lowest BCUT2D eigenvalue weighted by Crippen LogP contribution is -2.29. The minimum Gasteiger partial charge on any atom is -0.507 e. The van der Waals surface area contributed by atoms with E-state index >= 15 is 0 Å². The second-order valence-electron chi connectivity index (χ2n) is 7.26. The lowest BCUT2D eigenvalue weighted by molar-refractivity contribution is -0.132. The van der Waals surface area contributed by atoms with Crippen molar-refractivity contribution in [1.29, 1.82) is 0 Å². The van der Waals surface area contributed by atoms with Crippen LogP contribution in [0.3, 0.4) is 0 Å². The molecule has 1 heterocycles. The Bertz CT molecular complexity index is 1220. The summed E-state index contributed by atoms with van der Waals surface area (Å²) in [5, 5.41) is 11.2. The maximum atomic E-state index is 14.0. The van der Waals surface area contributed by atoms with Crippen molar-refractivity contribution in [3.8, 4) is 5.75 Å². The summed E-state index contributed by atoms with van der Waals surface area (Å²) < 4.78 is 19.3. The number of methoxy groups -OCH3 is 1. The lowest BCUT2D eigenvalue weighted by atomic mass is 9.94. The molecule has 156 valence electrons. The van der Waals surface area contributed by atoms with Gasteiger partial charge in [0.25, 0.3) is 11.7 Å². The van der Waals surface area contributed by atoms with E-state index in [2.05, 4.69) is 0 Å². The Morgan fingerprint density at radius 1 is 1.00 bits per heavy atom. The van der Waals surface area contributed by atoms with Crippen molar-refractivity contribution in [2.75, 3.05) is 12.0 Å². The van der Waals surface area contributed by atoms with Gasteiger partial charge in [0.15, 0.2) is 0 Å². The van der Waals surface area contributed by atoms with Gasteiger partial charge in [0.05, 0.1) is 24.3 Å². The number of Topliss-reactive ketones (excluding diaryl/α,β-unsaturated/α-hetero) is 1. The van der Waals surface area contributed by atoms with Gasteiger partial charge in [0.1, 0.15) is 17.3 Å². The van der Waals surface area contributed by atoms with E-state index in [1.807, 2.05) is 19.1 Å². The predicted octanol–water partition coefficient (Wildman–Crippen LogP) is 4.77.